The summed E-state index contributed by atoms with van der Waals surface area (Å²) in [6, 6.07) is 10.3. The first kappa shape index (κ1) is 9.45. The summed E-state index contributed by atoms with van der Waals surface area (Å²) >= 11 is 0. The van der Waals surface area contributed by atoms with E-state index in [1.165, 1.54) is 10.7 Å². The number of methoxy groups -OCH3 is 1. The highest BCUT2D eigenvalue weighted by atomic mass is 16.5. The van der Waals surface area contributed by atoms with Crippen LogP contribution in [0.1, 0.15) is 0 Å². The fraction of sp³-hybridized carbons (Fsp3) is 0.0909. The van der Waals surface area contributed by atoms with Crippen LogP contribution in [0.25, 0.3) is 5.69 Å². The average molecular weight is 202 g/mol. The Morgan fingerprint density at radius 2 is 2.13 bits per heavy atom. The molecule has 0 aliphatic carbocycles. The fourth-order valence-corrected chi connectivity index (χ4v) is 1.29. The largest absolute Gasteiger partial charge is 0.497 e. The molecule has 0 fully saturated rings. The topological polar surface area (TPSA) is 44.1 Å². The molecule has 0 saturated heterocycles. The van der Waals surface area contributed by atoms with Crippen LogP contribution in [-0.2, 0) is 0 Å². The van der Waals surface area contributed by atoms with Crippen LogP contribution in [0.15, 0.2) is 47.4 Å². The van der Waals surface area contributed by atoms with Gasteiger partial charge in [-0.3, -0.25) is 4.79 Å². The molecular formula is C11H10N2O2. The van der Waals surface area contributed by atoms with Gasteiger partial charge in [0.05, 0.1) is 12.8 Å². The van der Waals surface area contributed by atoms with E-state index in [9.17, 15) is 4.79 Å². The van der Waals surface area contributed by atoms with E-state index >= 15 is 0 Å². The van der Waals surface area contributed by atoms with Crippen LogP contribution >= 0.6 is 0 Å². The smallest absolute Gasteiger partial charge is 0.271 e. The van der Waals surface area contributed by atoms with Crippen LogP contribution in [0.3, 0.4) is 0 Å². The number of hydrogen-bond acceptors (Lipinski definition) is 3. The van der Waals surface area contributed by atoms with E-state index in [2.05, 4.69) is 5.10 Å². The Morgan fingerprint density at radius 3 is 2.87 bits per heavy atom. The van der Waals surface area contributed by atoms with E-state index in [0.717, 1.165) is 0 Å². The summed E-state index contributed by atoms with van der Waals surface area (Å²) < 4.78 is 6.39. The summed E-state index contributed by atoms with van der Waals surface area (Å²) in [4.78, 5) is 11.5. The van der Waals surface area contributed by atoms with Crippen molar-refractivity contribution in [2.75, 3.05) is 7.11 Å². The molecule has 76 valence electrons. The van der Waals surface area contributed by atoms with Crippen LogP contribution in [-0.4, -0.2) is 16.9 Å². The summed E-state index contributed by atoms with van der Waals surface area (Å²) in [5.74, 6) is 0.699. The van der Waals surface area contributed by atoms with Gasteiger partial charge in [-0.1, -0.05) is 6.07 Å². The summed E-state index contributed by atoms with van der Waals surface area (Å²) in [7, 11) is 1.58. The molecule has 15 heavy (non-hydrogen) atoms. The van der Waals surface area contributed by atoms with Crippen molar-refractivity contribution in [1.29, 1.82) is 0 Å². The lowest BCUT2D eigenvalue weighted by Gasteiger charge is -2.05. The third kappa shape index (κ3) is 1.88. The van der Waals surface area contributed by atoms with Crippen molar-refractivity contribution in [3.63, 3.8) is 0 Å². The molecule has 2 aromatic rings. The van der Waals surface area contributed by atoms with Gasteiger partial charge in [0.2, 0.25) is 0 Å². The molecule has 1 aromatic carbocycles. The van der Waals surface area contributed by atoms with Gasteiger partial charge in [-0.25, -0.2) is 0 Å². The highest BCUT2D eigenvalue weighted by Gasteiger charge is 2.00. The van der Waals surface area contributed by atoms with E-state index in [0.29, 0.717) is 11.4 Å². The first-order valence-corrected chi connectivity index (χ1v) is 4.50. The summed E-state index contributed by atoms with van der Waals surface area (Å²) in [5, 5.41) is 3.97. The van der Waals surface area contributed by atoms with E-state index in [-0.39, 0.29) is 5.56 Å². The molecule has 0 radical (unpaired) electrons. The lowest BCUT2D eigenvalue weighted by atomic mass is 10.3. The van der Waals surface area contributed by atoms with Crippen molar-refractivity contribution in [1.82, 2.24) is 9.78 Å². The van der Waals surface area contributed by atoms with E-state index in [4.69, 9.17) is 4.74 Å². The van der Waals surface area contributed by atoms with Gasteiger partial charge in [-0.2, -0.15) is 9.78 Å². The average Bonchev–Trinajstić information content (AvgIpc) is 2.30. The van der Waals surface area contributed by atoms with Gasteiger partial charge in [0.1, 0.15) is 5.75 Å². The second-order valence-electron chi connectivity index (χ2n) is 2.98. The first-order valence-electron chi connectivity index (χ1n) is 4.50. The van der Waals surface area contributed by atoms with Crippen molar-refractivity contribution in [2.45, 2.75) is 0 Å². The molecule has 1 aromatic heterocycles. The molecule has 0 unspecified atom stereocenters. The third-order valence-corrected chi connectivity index (χ3v) is 2.01. The van der Waals surface area contributed by atoms with Gasteiger partial charge >= 0.3 is 0 Å². The number of benzene rings is 1. The van der Waals surface area contributed by atoms with Gasteiger partial charge in [-0.15, -0.1) is 0 Å². The van der Waals surface area contributed by atoms with Crippen LogP contribution in [0.4, 0.5) is 0 Å². The molecule has 4 nitrogen and oxygen atoms in total. The van der Waals surface area contributed by atoms with Crippen molar-refractivity contribution in [2.24, 2.45) is 0 Å². The second kappa shape index (κ2) is 3.96. The Kier molecular flexibility index (Phi) is 2.49. The molecule has 0 aliphatic rings. The Labute approximate surface area is 86.7 Å². The molecule has 4 heteroatoms. The number of rotatable bonds is 2. The number of ether oxygens (including phenoxy) is 1. The van der Waals surface area contributed by atoms with Crippen LogP contribution < -0.4 is 10.3 Å². The molecular weight excluding hydrogens is 192 g/mol. The summed E-state index contributed by atoms with van der Waals surface area (Å²) in [6.07, 6.45) is 1.57. The number of hydrogen-bond donors (Lipinski definition) is 0. The first-order chi connectivity index (χ1) is 7.31. The van der Waals surface area contributed by atoms with Crippen LogP contribution in [0.2, 0.25) is 0 Å². The Morgan fingerprint density at radius 1 is 1.27 bits per heavy atom. The van der Waals surface area contributed by atoms with Crippen molar-refractivity contribution in [3.05, 3.63) is 52.9 Å². The lowest BCUT2D eigenvalue weighted by Crippen LogP contribution is -2.18. The van der Waals surface area contributed by atoms with E-state index in [1.54, 1.807) is 31.5 Å². The SMILES string of the molecule is COc1cccc(-n2ncccc2=O)c1. The molecule has 0 N–H and O–H groups in total. The maximum absolute atomic E-state index is 11.5. The lowest BCUT2D eigenvalue weighted by molar-refractivity contribution is 0.414. The predicted molar refractivity (Wildman–Crippen MR) is 56.4 cm³/mol. The van der Waals surface area contributed by atoms with Crippen LogP contribution in [0, 0.1) is 0 Å². The van der Waals surface area contributed by atoms with Crippen molar-refractivity contribution < 1.29 is 4.74 Å². The summed E-state index contributed by atoms with van der Waals surface area (Å²) in [6.45, 7) is 0. The number of nitrogens with zero attached hydrogens (tertiary/aromatic N) is 2. The molecule has 0 saturated carbocycles. The highest BCUT2D eigenvalue weighted by molar-refractivity contribution is 5.38. The normalized spacial score (nSPS) is 9.93. The third-order valence-electron chi connectivity index (χ3n) is 2.01. The van der Waals surface area contributed by atoms with Crippen LogP contribution in [0.5, 0.6) is 5.75 Å². The minimum Gasteiger partial charge on any atom is -0.497 e. The van der Waals surface area contributed by atoms with E-state index < -0.39 is 0 Å². The maximum Gasteiger partial charge on any atom is 0.271 e. The molecule has 1 heterocycles. The Balaban J connectivity index is 2.54. The minimum atomic E-state index is -0.161. The van der Waals surface area contributed by atoms with Crippen molar-refractivity contribution >= 4 is 0 Å². The molecule has 2 rings (SSSR count). The van der Waals surface area contributed by atoms with Gasteiger partial charge in [0, 0.05) is 18.3 Å². The minimum absolute atomic E-state index is 0.161. The standard InChI is InChI=1S/C11H10N2O2/c1-15-10-5-2-4-9(8-10)13-11(14)6-3-7-12-13/h2-8H,1H3. The molecule has 0 aliphatic heterocycles. The van der Waals surface area contributed by atoms with Gasteiger partial charge in [-0.05, 0) is 18.2 Å². The van der Waals surface area contributed by atoms with Crippen molar-refractivity contribution in [3.8, 4) is 11.4 Å². The monoisotopic (exact) mass is 202 g/mol. The Bertz CT molecular complexity index is 520. The predicted octanol–water partition coefficient (Wildman–Crippen LogP) is 1.24. The summed E-state index contributed by atoms with van der Waals surface area (Å²) in [5.41, 5.74) is 0.533. The zero-order chi connectivity index (χ0) is 10.7. The maximum atomic E-state index is 11.5. The van der Waals surface area contributed by atoms with Gasteiger partial charge < -0.3 is 4.74 Å². The molecule has 0 spiro atoms. The van der Waals surface area contributed by atoms with Gasteiger partial charge in [0.25, 0.3) is 5.56 Å². The zero-order valence-electron chi connectivity index (χ0n) is 8.25. The molecule has 0 amide bonds. The molecule has 0 atom stereocenters. The Hall–Kier alpha value is -2.10. The zero-order valence-corrected chi connectivity index (χ0v) is 8.25. The van der Waals surface area contributed by atoms with E-state index in [1.807, 2.05) is 12.1 Å². The quantitative estimate of drug-likeness (QED) is 0.736. The van der Waals surface area contributed by atoms with Gasteiger partial charge in [0.15, 0.2) is 0 Å². The highest BCUT2D eigenvalue weighted by Crippen LogP contribution is 2.13. The number of aromatic nitrogens is 2. The fourth-order valence-electron chi connectivity index (χ4n) is 1.29. The second-order valence-corrected chi connectivity index (χ2v) is 2.98. The molecule has 0 bridgehead atoms.